The van der Waals surface area contributed by atoms with Crippen LogP contribution in [-0.4, -0.2) is 62.9 Å². The van der Waals surface area contributed by atoms with E-state index in [0.717, 1.165) is 30.9 Å². The number of rotatable bonds is 6. The number of methoxy groups -OCH3 is 1. The number of nitrogens with zero attached hydrogens (tertiary/aromatic N) is 2. The molecule has 2 aromatic rings. The van der Waals surface area contributed by atoms with Crippen molar-refractivity contribution in [1.29, 1.82) is 0 Å². The summed E-state index contributed by atoms with van der Waals surface area (Å²) < 4.78 is 32.9. The molecular formula is C22H29N3O4S. The zero-order chi connectivity index (χ0) is 21.9. The average molecular weight is 432 g/mol. The standard InChI is InChI=1S/C22H29N3O4S/c1-5-24-12-13-25(17(3)15-24)30(27,28)20-9-7-19(8-10-20)23-22(26)18-6-11-21(29-4)16(2)14-18/h6-11,14,17H,5,12-13,15H2,1-4H3,(H,23,26). The molecule has 1 aliphatic rings. The minimum absolute atomic E-state index is 0.0820. The number of carbonyl (C=O) groups is 1. The van der Waals surface area contributed by atoms with Gasteiger partial charge in [-0.2, -0.15) is 4.31 Å². The van der Waals surface area contributed by atoms with E-state index >= 15 is 0 Å². The smallest absolute Gasteiger partial charge is 0.255 e. The van der Waals surface area contributed by atoms with Gasteiger partial charge in [0.25, 0.3) is 5.91 Å². The molecule has 0 saturated carbocycles. The van der Waals surface area contributed by atoms with E-state index in [9.17, 15) is 13.2 Å². The second-order valence-electron chi connectivity index (χ2n) is 7.52. The Morgan fingerprint density at radius 1 is 1.17 bits per heavy atom. The molecule has 8 heteroatoms. The number of sulfonamides is 1. The van der Waals surface area contributed by atoms with Crippen LogP contribution in [0.15, 0.2) is 47.4 Å². The summed E-state index contributed by atoms with van der Waals surface area (Å²) in [7, 11) is -1.99. The van der Waals surface area contributed by atoms with Gasteiger partial charge in [-0.15, -0.1) is 0 Å². The normalized spacial score (nSPS) is 18.2. The molecule has 0 aromatic heterocycles. The molecule has 30 heavy (non-hydrogen) atoms. The molecule has 1 unspecified atom stereocenters. The molecule has 1 saturated heterocycles. The first kappa shape index (κ1) is 22.3. The van der Waals surface area contributed by atoms with Crippen molar-refractivity contribution in [3.05, 3.63) is 53.6 Å². The lowest BCUT2D eigenvalue weighted by molar-refractivity contribution is 0.102. The summed E-state index contributed by atoms with van der Waals surface area (Å²) in [5, 5.41) is 2.81. The van der Waals surface area contributed by atoms with E-state index in [0.29, 0.717) is 17.8 Å². The van der Waals surface area contributed by atoms with Crippen LogP contribution in [0.3, 0.4) is 0 Å². The SMILES string of the molecule is CCN1CCN(S(=O)(=O)c2ccc(NC(=O)c3ccc(OC)c(C)c3)cc2)C(C)C1. The van der Waals surface area contributed by atoms with Gasteiger partial charge in [0.2, 0.25) is 10.0 Å². The van der Waals surface area contributed by atoms with Crippen LogP contribution in [0.25, 0.3) is 0 Å². The first-order valence-corrected chi connectivity index (χ1v) is 11.5. The van der Waals surface area contributed by atoms with Gasteiger partial charge in [0.05, 0.1) is 12.0 Å². The Balaban J connectivity index is 1.71. The molecule has 1 N–H and O–H groups in total. The summed E-state index contributed by atoms with van der Waals surface area (Å²) in [4.78, 5) is 15.0. The molecule has 7 nitrogen and oxygen atoms in total. The Labute approximate surface area is 178 Å². The van der Waals surface area contributed by atoms with E-state index in [1.807, 2.05) is 13.8 Å². The molecule has 0 spiro atoms. The highest BCUT2D eigenvalue weighted by atomic mass is 32.2. The number of hydrogen-bond acceptors (Lipinski definition) is 5. The van der Waals surface area contributed by atoms with E-state index in [2.05, 4.69) is 17.1 Å². The van der Waals surface area contributed by atoms with Crippen molar-refractivity contribution in [2.75, 3.05) is 38.6 Å². The number of benzene rings is 2. The molecule has 162 valence electrons. The molecule has 1 atom stereocenters. The number of piperazine rings is 1. The number of amides is 1. The zero-order valence-electron chi connectivity index (χ0n) is 17.9. The molecule has 0 radical (unpaired) electrons. The monoisotopic (exact) mass is 431 g/mol. The van der Waals surface area contributed by atoms with Crippen LogP contribution >= 0.6 is 0 Å². The summed E-state index contributed by atoms with van der Waals surface area (Å²) in [5.74, 6) is 0.454. The maximum Gasteiger partial charge on any atom is 0.255 e. The van der Waals surface area contributed by atoms with Crippen LogP contribution in [0.4, 0.5) is 5.69 Å². The minimum Gasteiger partial charge on any atom is -0.496 e. The topological polar surface area (TPSA) is 79.0 Å². The molecule has 0 bridgehead atoms. The van der Waals surface area contributed by atoms with Gasteiger partial charge in [-0.1, -0.05) is 6.92 Å². The number of hydrogen-bond donors (Lipinski definition) is 1. The van der Waals surface area contributed by atoms with Gasteiger partial charge in [0.15, 0.2) is 0 Å². The minimum atomic E-state index is -3.57. The Kier molecular flexibility index (Phi) is 6.80. The van der Waals surface area contributed by atoms with Gasteiger partial charge in [-0.3, -0.25) is 4.79 Å². The lowest BCUT2D eigenvalue weighted by Crippen LogP contribution is -2.53. The van der Waals surface area contributed by atoms with E-state index in [1.54, 1.807) is 53.9 Å². The number of nitrogens with one attached hydrogen (secondary N) is 1. The maximum absolute atomic E-state index is 13.1. The Bertz CT molecular complexity index is 1010. The van der Waals surface area contributed by atoms with Gasteiger partial charge in [-0.05, 0) is 68.4 Å². The van der Waals surface area contributed by atoms with Crippen LogP contribution in [0.5, 0.6) is 5.75 Å². The number of likely N-dealkylation sites (N-methyl/N-ethyl adjacent to an activating group) is 1. The third-order valence-electron chi connectivity index (χ3n) is 5.47. The lowest BCUT2D eigenvalue weighted by atomic mass is 10.1. The van der Waals surface area contributed by atoms with Gasteiger partial charge < -0.3 is 15.0 Å². The van der Waals surface area contributed by atoms with E-state index in [1.165, 1.54) is 0 Å². The second-order valence-corrected chi connectivity index (χ2v) is 9.41. The number of aryl methyl sites for hydroxylation is 1. The molecule has 2 aromatic carbocycles. The van der Waals surface area contributed by atoms with E-state index in [-0.39, 0.29) is 16.8 Å². The predicted molar refractivity (Wildman–Crippen MR) is 118 cm³/mol. The summed E-state index contributed by atoms with van der Waals surface area (Å²) in [6.45, 7) is 8.74. The van der Waals surface area contributed by atoms with Crippen LogP contribution in [0.2, 0.25) is 0 Å². The molecule has 1 amide bonds. The number of carbonyl (C=O) groups excluding carboxylic acids is 1. The molecule has 3 rings (SSSR count). The fourth-order valence-electron chi connectivity index (χ4n) is 3.73. The fraction of sp³-hybridized carbons (Fsp3) is 0.409. The zero-order valence-corrected chi connectivity index (χ0v) is 18.7. The van der Waals surface area contributed by atoms with Crippen molar-refractivity contribution in [3.63, 3.8) is 0 Å². The average Bonchev–Trinajstić information content (AvgIpc) is 2.73. The van der Waals surface area contributed by atoms with Crippen molar-refractivity contribution in [1.82, 2.24) is 9.21 Å². The van der Waals surface area contributed by atoms with Crippen molar-refractivity contribution in [2.45, 2.75) is 31.7 Å². The lowest BCUT2D eigenvalue weighted by Gasteiger charge is -2.38. The predicted octanol–water partition coefficient (Wildman–Crippen LogP) is 2.97. The Morgan fingerprint density at radius 2 is 1.87 bits per heavy atom. The van der Waals surface area contributed by atoms with Gasteiger partial charge in [0, 0.05) is 36.9 Å². The highest BCUT2D eigenvalue weighted by molar-refractivity contribution is 7.89. The summed E-state index contributed by atoms with van der Waals surface area (Å²) in [6, 6.07) is 11.4. The quantitative estimate of drug-likeness (QED) is 0.761. The third-order valence-corrected chi connectivity index (χ3v) is 7.50. The highest BCUT2D eigenvalue weighted by Gasteiger charge is 2.33. The number of anilines is 1. The summed E-state index contributed by atoms with van der Waals surface area (Å²) in [6.07, 6.45) is 0. The van der Waals surface area contributed by atoms with Crippen LogP contribution in [0.1, 0.15) is 29.8 Å². The first-order chi connectivity index (χ1) is 14.3. The van der Waals surface area contributed by atoms with Crippen LogP contribution in [-0.2, 0) is 10.0 Å². The molecule has 1 heterocycles. The Hall–Kier alpha value is -2.42. The van der Waals surface area contributed by atoms with Gasteiger partial charge in [-0.25, -0.2) is 8.42 Å². The largest absolute Gasteiger partial charge is 0.496 e. The molecule has 0 aliphatic carbocycles. The van der Waals surface area contributed by atoms with Gasteiger partial charge >= 0.3 is 0 Å². The Morgan fingerprint density at radius 3 is 2.43 bits per heavy atom. The maximum atomic E-state index is 13.1. The van der Waals surface area contributed by atoms with Crippen molar-refractivity contribution >= 4 is 21.6 Å². The number of ether oxygens (including phenoxy) is 1. The first-order valence-electron chi connectivity index (χ1n) is 10.1. The van der Waals surface area contributed by atoms with Crippen LogP contribution in [0, 0.1) is 6.92 Å². The van der Waals surface area contributed by atoms with Crippen LogP contribution < -0.4 is 10.1 Å². The van der Waals surface area contributed by atoms with E-state index in [4.69, 9.17) is 4.74 Å². The van der Waals surface area contributed by atoms with Gasteiger partial charge in [0.1, 0.15) is 5.75 Å². The fourth-order valence-corrected chi connectivity index (χ4v) is 5.34. The molecular weight excluding hydrogens is 402 g/mol. The molecule has 1 aliphatic heterocycles. The summed E-state index contributed by atoms with van der Waals surface area (Å²) >= 11 is 0. The van der Waals surface area contributed by atoms with E-state index < -0.39 is 10.0 Å². The van der Waals surface area contributed by atoms with Crippen molar-refractivity contribution in [2.24, 2.45) is 0 Å². The van der Waals surface area contributed by atoms with Crippen molar-refractivity contribution < 1.29 is 17.9 Å². The third kappa shape index (κ3) is 4.66. The highest BCUT2D eigenvalue weighted by Crippen LogP contribution is 2.24. The second kappa shape index (κ2) is 9.16. The summed E-state index contributed by atoms with van der Waals surface area (Å²) in [5.41, 5.74) is 1.91. The molecule has 1 fully saturated rings. The van der Waals surface area contributed by atoms with Crippen molar-refractivity contribution in [3.8, 4) is 5.75 Å².